The van der Waals surface area contributed by atoms with E-state index in [0.717, 1.165) is 37.3 Å². The summed E-state index contributed by atoms with van der Waals surface area (Å²) in [4.78, 5) is 24.2. The van der Waals surface area contributed by atoms with Gasteiger partial charge in [0.25, 0.3) is 0 Å². The maximum Gasteiger partial charge on any atom is 0.220 e. The summed E-state index contributed by atoms with van der Waals surface area (Å²) in [5.74, 6) is 0.977. The molecule has 0 unspecified atom stereocenters. The Labute approximate surface area is 145 Å². The number of rotatable bonds is 8. The summed E-state index contributed by atoms with van der Waals surface area (Å²) >= 11 is 0. The van der Waals surface area contributed by atoms with Crippen LogP contribution in [-0.2, 0) is 17.6 Å². The number of nitrogens with one attached hydrogen (secondary N) is 1. The molecule has 24 heavy (non-hydrogen) atoms. The van der Waals surface area contributed by atoms with E-state index >= 15 is 0 Å². The van der Waals surface area contributed by atoms with Gasteiger partial charge in [-0.25, -0.2) is 0 Å². The van der Waals surface area contributed by atoms with Crippen molar-refractivity contribution in [1.82, 2.24) is 5.32 Å². The first-order valence-electron chi connectivity index (χ1n) is 9.64. The fourth-order valence-corrected chi connectivity index (χ4v) is 4.12. The van der Waals surface area contributed by atoms with Crippen molar-refractivity contribution >= 4 is 11.7 Å². The van der Waals surface area contributed by atoms with Crippen molar-refractivity contribution in [2.24, 2.45) is 5.92 Å². The zero-order valence-corrected chi connectivity index (χ0v) is 14.6. The third-order valence-corrected chi connectivity index (χ3v) is 5.59. The van der Waals surface area contributed by atoms with E-state index in [9.17, 15) is 9.59 Å². The quantitative estimate of drug-likeness (QED) is 0.574. The van der Waals surface area contributed by atoms with E-state index in [0.29, 0.717) is 12.8 Å². The molecule has 0 radical (unpaired) electrons. The first kappa shape index (κ1) is 17.2. The van der Waals surface area contributed by atoms with E-state index in [1.807, 2.05) is 12.1 Å². The molecule has 3 heteroatoms. The number of benzene rings is 1. The van der Waals surface area contributed by atoms with Crippen molar-refractivity contribution in [2.45, 2.75) is 70.6 Å². The van der Waals surface area contributed by atoms with Crippen molar-refractivity contribution in [3.63, 3.8) is 0 Å². The molecule has 0 atom stereocenters. The fraction of sp³-hybridized carbons (Fsp3) is 0.619. The second-order valence-corrected chi connectivity index (χ2v) is 7.40. The lowest BCUT2D eigenvalue weighted by molar-refractivity contribution is -0.121. The standard InChI is InChI=1S/C21H29NO2/c23-20(19-11-10-17-8-3-9-18(17)15-19)12-13-21(24)22-14-4-7-16-5-1-2-6-16/h10-11,15-16H,1-9,12-14H2,(H,22,24). The molecule has 1 N–H and O–H groups in total. The summed E-state index contributed by atoms with van der Waals surface area (Å²) in [5, 5.41) is 2.96. The first-order chi connectivity index (χ1) is 11.7. The second kappa shape index (κ2) is 8.46. The molecule has 2 aliphatic rings. The third kappa shape index (κ3) is 4.68. The van der Waals surface area contributed by atoms with E-state index in [2.05, 4.69) is 11.4 Å². The number of carbonyl (C=O) groups is 2. The van der Waals surface area contributed by atoms with Crippen LogP contribution in [-0.4, -0.2) is 18.2 Å². The molecule has 1 amide bonds. The van der Waals surface area contributed by atoms with Crippen LogP contribution in [0.25, 0.3) is 0 Å². The van der Waals surface area contributed by atoms with Crippen molar-refractivity contribution in [1.29, 1.82) is 0 Å². The number of fused-ring (bicyclic) bond motifs is 1. The van der Waals surface area contributed by atoms with Gasteiger partial charge in [-0.05, 0) is 55.2 Å². The van der Waals surface area contributed by atoms with Crippen LogP contribution in [0.1, 0.15) is 79.3 Å². The Morgan fingerprint density at radius 2 is 1.79 bits per heavy atom. The van der Waals surface area contributed by atoms with Crippen LogP contribution in [0.3, 0.4) is 0 Å². The second-order valence-electron chi connectivity index (χ2n) is 7.40. The van der Waals surface area contributed by atoms with Crippen LogP contribution < -0.4 is 5.32 Å². The minimum atomic E-state index is 0.0101. The molecular weight excluding hydrogens is 298 g/mol. The Morgan fingerprint density at radius 3 is 2.62 bits per heavy atom. The van der Waals surface area contributed by atoms with Gasteiger partial charge in [0, 0.05) is 24.9 Å². The van der Waals surface area contributed by atoms with E-state index in [4.69, 9.17) is 0 Å². The number of amides is 1. The Bertz CT molecular complexity index is 588. The highest BCUT2D eigenvalue weighted by Crippen LogP contribution is 2.28. The Morgan fingerprint density at radius 1 is 1.00 bits per heavy atom. The number of hydrogen-bond donors (Lipinski definition) is 1. The highest BCUT2D eigenvalue weighted by Gasteiger charge is 2.16. The molecule has 0 spiro atoms. The number of ketones is 1. The topological polar surface area (TPSA) is 46.2 Å². The van der Waals surface area contributed by atoms with E-state index in [1.165, 1.54) is 49.7 Å². The van der Waals surface area contributed by atoms with Gasteiger partial charge < -0.3 is 5.32 Å². The first-order valence-corrected chi connectivity index (χ1v) is 9.64. The lowest BCUT2D eigenvalue weighted by Gasteiger charge is -2.09. The molecule has 1 saturated carbocycles. The molecule has 0 aromatic heterocycles. The highest BCUT2D eigenvalue weighted by molar-refractivity contribution is 5.98. The monoisotopic (exact) mass is 327 g/mol. The molecule has 1 aromatic carbocycles. The van der Waals surface area contributed by atoms with Gasteiger partial charge in [-0.1, -0.05) is 37.8 Å². The average Bonchev–Trinajstić information content (AvgIpc) is 3.27. The lowest BCUT2D eigenvalue weighted by atomic mass is 10.0. The average molecular weight is 327 g/mol. The molecule has 3 rings (SSSR count). The van der Waals surface area contributed by atoms with Gasteiger partial charge in [0.1, 0.15) is 0 Å². The smallest absolute Gasteiger partial charge is 0.220 e. The number of carbonyl (C=O) groups excluding carboxylic acids is 2. The van der Waals surface area contributed by atoms with E-state index in [-0.39, 0.29) is 11.7 Å². The maximum atomic E-state index is 12.3. The zero-order chi connectivity index (χ0) is 16.8. The van der Waals surface area contributed by atoms with E-state index in [1.54, 1.807) is 0 Å². The summed E-state index contributed by atoms with van der Waals surface area (Å²) in [7, 11) is 0. The SMILES string of the molecule is O=C(CCC(=O)c1ccc2c(c1)CCC2)NCCCC1CCCC1. The van der Waals surface area contributed by atoms with Crippen LogP contribution in [0.15, 0.2) is 18.2 Å². The van der Waals surface area contributed by atoms with Gasteiger partial charge in [0.15, 0.2) is 5.78 Å². The minimum Gasteiger partial charge on any atom is -0.356 e. The Hall–Kier alpha value is -1.64. The molecular formula is C21H29NO2. The van der Waals surface area contributed by atoms with Crippen LogP contribution in [0, 0.1) is 5.92 Å². The van der Waals surface area contributed by atoms with Gasteiger partial charge in [0.2, 0.25) is 5.91 Å². The van der Waals surface area contributed by atoms with Crippen molar-refractivity contribution in [3.05, 3.63) is 34.9 Å². The minimum absolute atomic E-state index is 0.0101. The number of aryl methyl sites for hydroxylation is 2. The van der Waals surface area contributed by atoms with E-state index < -0.39 is 0 Å². The molecule has 2 aliphatic carbocycles. The summed E-state index contributed by atoms with van der Waals surface area (Å²) in [5.41, 5.74) is 3.47. The molecule has 0 aliphatic heterocycles. The molecule has 130 valence electrons. The van der Waals surface area contributed by atoms with Gasteiger partial charge >= 0.3 is 0 Å². The van der Waals surface area contributed by atoms with Crippen molar-refractivity contribution < 1.29 is 9.59 Å². The molecule has 1 fully saturated rings. The summed E-state index contributed by atoms with van der Waals surface area (Å²) in [6, 6.07) is 6.04. The van der Waals surface area contributed by atoms with Crippen LogP contribution in [0.4, 0.5) is 0 Å². The molecule has 0 heterocycles. The summed E-state index contributed by atoms with van der Waals surface area (Å²) in [6.07, 6.45) is 11.8. The predicted molar refractivity (Wildman–Crippen MR) is 96.2 cm³/mol. The highest BCUT2D eigenvalue weighted by atomic mass is 16.2. The van der Waals surface area contributed by atoms with Crippen LogP contribution in [0.2, 0.25) is 0 Å². The van der Waals surface area contributed by atoms with Crippen molar-refractivity contribution in [3.8, 4) is 0 Å². The largest absolute Gasteiger partial charge is 0.356 e. The van der Waals surface area contributed by atoms with Gasteiger partial charge in [0.05, 0.1) is 0 Å². The van der Waals surface area contributed by atoms with Gasteiger partial charge in [-0.3, -0.25) is 9.59 Å². The van der Waals surface area contributed by atoms with Crippen LogP contribution >= 0.6 is 0 Å². The molecule has 3 nitrogen and oxygen atoms in total. The zero-order valence-electron chi connectivity index (χ0n) is 14.6. The summed E-state index contributed by atoms with van der Waals surface area (Å²) in [6.45, 7) is 0.752. The number of hydrogen-bond acceptors (Lipinski definition) is 2. The predicted octanol–water partition coefficient (Wildman–Crippen LogP) is 4.22. The molecule has 0 bridgehead atoms. The summed E-state index contributed by atoms with van der Waals surface area (Å²) < 4.78 is 0. The fourth-order valence-electron chi connectivity index (χ4n) is 4.12. The maximum absolute atomic E-state index is 12.3. The third-order valence-electron chi connectivity index (χ3n) is 5.59. The van der Waals surface area contributed by atoms with Gasteiger partial charge in [-0.15, -0.1) is 0 Å². The number of Topliss-reactive ketones (excluding diaryl/α,β-unsaturated/α-hetero) is 1. The molecule has 0 saturated heterocycles. The Kier molecular flexibility index (Phi) is 6.06. The lowest BCUT2D eigenvalue weighted by Crippen LogP contribution is -2.25. The molecule has 1 aromatic rings. The van der Waals surface area contributed by atoms with Crippen molar-refractivity contribution in [2.75, 3.05) is 6.54 Å². The van der Waals surface area contributed by atoms with Crippen LogP contribution in [0.5, 0.6) is 0 Å². The van der Waals surface area contributed by atoms with Gasteiger partial charge in [-0.2, -0.15) is 0 Å². The normalized spacial score (nSPS) is 17.0. The Balaban J connectivity index is 1.34.